The van der Waals surface area contributed by atoms with E-state index < -0.39 is 6.10 Å². The fourth-order valence-corrected chi connectivity index (χ4v) is 2.49. The number of hydrogen-bond donors (Lipinski definition) is 2. The van der Waals surface area contributed by atoms with Crippen LogP contribution in [0.4, 0.5) is 5.69 Å². The van der Waals surface area contributed by atoms with Gasteiger partial charge in [0.25, 0.3) is 0 Å². The molecule has 0 aromatic heterocycles. The summed E-state index contributed by atoms with van der Waals surface area (Å²) < 4.78 is 0.677. The van der Waals surface area contributed by atoms with Gasteiger partial charge in [-0.25, -0.2) is 0 Å². The van der Waals surface area contributed by atoms with Crippen LogP contribution in [0.1, 0.15) is 27.6 Å². The Labute approximate surface area is 120 Å². The summed E-state index contributed by atoms with van der Waals surface area (Å²) in [5, 5.41) is 10.2. The normalized spacial score (nSPS) is 12.2. The number of aryl methyl sites for hydroxylation is 1. The summed E-state index contributed by atoms with van der Waals surface area (Å²) in [6, 6.07) is 12.1. The largest absolute Gasteiger partial charge is 0.399 e. The summed E-state index contributed by atoms with van der Waals surface area (Å²) in [6.45, 7) is 1.87. The minimum Gasteiger partial charge on any atom is -0.399 e. The van der Waals surface area contributed by atoms with Crippen molar-refractivity contribution >= 4 is 27.4 Å². The molecule has 3 N–H and O–H groups in total. The van der Waals surface area contributed by atoms with Crippen LogP contribution < -0.4 is 5.73 Å². The van der Waals surface area contributed by atoms with Gasteiger partial charge in [-0.15, -0.1) is 0 Å². The zero-order chi connectivity index (χ0) is 14.0. The van der Waals surface area contributed by atoms with Crippen molar-refractivity contribution in [3.8, 4) is 0 Å². The number of hydrogen-bond acceptors (Lipinski definition) is 3. The number of aliphatic hydroxyl groups is 1. The van der Waals surface area contributed by atoms with Crippen LogP contribution >= 0.6 is 15.9 Å². The van der Waals surface area contributed by atoms with E-state index in [-0.39, 0.29) is 5.78 Å². The van der Waals surface area contributed by atoms with E-state index in [0.29, 0.717) is 21.3 Å². The van der Waals surface area contributed by atoms with Gasteiger partial charge in [0.2, 0.25) is 0 Å². The van der Waals surface area contributed by atoms with Crippen molar-refractivity contribution in [1.29, 1.82) is 0 Å². The molecule has 0 aliphatic carbocycles. The predicted molar refractivity (Wildman–Crippen MR) is 79.0 cm³/mol. The molecule has 0 saturated carbocycles. The van der Waals surface area contributed by atoms with Crippen LogP contribution in [0.15, 0.2) is 46.9 Å². The smallest absolute Gasteiger partial charge is 0.195 e. The molecule has 0 aliphatic rings. The lowest BCUT2D eigenvalue weighted by Gasteiger charge is -2.14. The van der Waals surface area contributed by atoms with Gasteiger partial charge >= 0.3 is 0 Å². The van der Waals surface area contributed by atoms with Crippen molar-refractivity contribution in [2.75, 3.05) is 5.73 Å². The molecule has 0 amide bonds. The van der Waals surface area contributed by atoms with Crippen LogP contribution in [-0.2, 0) is 0 Å². The molecule has 0 saturated heterocycles. The number of benzene rings is 2. The lowest BCUT2D eigenvalue weighted by molar-refractivity contribution is 0.0746. The number of halogens is 1. The van der Waals surface area contributed by atoms with Gasteiger partial charge in [0.05, 0.1) is 0 Å². The Hall–Kier alpha value is -1.65. The summed E-state index contributed by atoms with van der Waals surface area (Å²) in [5.41, 5.74) is 8.23. The Balaban J connectivity index is 2.37. The number of Topliss-reactive ketones (excluding diaryl/α,β-unsaturated/α-hetero) is 1. The first-order valence-corrected chi connectivity index (χ1v) is 6.63. The Morgan fingerprint density at radius 1 is 1.26 bits per heavy atom. The summed E-state index contributed by atoms with van der Waals surface area (Å²) >= 11 is 3.35. The minimum atomic E-state index is -1.22. The molecule has 2 aromatic rings. The zero-order valence-electron chi connectivity index (χ0n) is 10.4. The zero-order valence-corrected chi connectivity index (χ0v) is 12.0. The van der Waals surface area contributed by atoms with Crippen molar-refractivity contribution in [3.05, 3.63) is 63.6 Å². The van der Waals surface area contributed by atoms with Gasteiger partial charge in [-0.2, -0.15) is 0 Å². The topological polar surface area (TPSA) is 63.3 Å². The number of carbonyl (C=O) groups excluding carboxylic acids is 1. The Kier molecular flexibility index (Phi) is 4.02. The number of aliphatic hydroxyl groups excluding tert-OH is 1. The van der Waals surface area contributed by atoms with E-state index in [1.54, 1.807) is 36.4 Å². The quantitative estimate of drug-likeness (QED) is 0.674. The van der Waals surface area contributed by atoms with Crippen LogP contribution in [0.3, 0.4) is 0 Å². The van der Waals surface area contributed by atoms with E-state index in [2.05, 4.69) is 15.9 Å². The minimum absolute atomic E-state index is 0.343. The number of rotatable bonds is 3. The molecule has 4 heteroatoms. The lowest BCUT2D eigenvalue weighted by Crippen LogP contribution is -2.13. The average molecular weight is 320 g/mol. The molecule has 19 heavy (non-hydrogen) atoms. The molecular formula is C15H14BrNO2. The maximum atomic E-state index is 12.2. The number of ketones is 1. The van der Waals surface area contributed by atoms with Gasteiger partial charge < -0.3 is 10.8 Å². The van der Waals surface area contributed by atoms with Crippen molar-refractivity contribution in [1.82, 2.24) is 0 Å². The molecule has 0 radical (unpaired) electrons. The second kappa shape index (κ2) is 5.55. The summed E-state index contributed by atoms with van der Waals surface area (Å²) in [6.07, 6.45) is -1.22. The van der Waals surface area contributed by atoms with E-state index in [9.17, 15) is 9.90 Å². The highest BCUT2D eigenvalue weighted by molar-refractivity contribution is 9.10. The Bertz CT molecular complexity index is 611. The first-order valence-electron chi connectivity index (χ1n) is 5.83. The highest BCUT2D eigenvalue weighted by Gasteiger charge is 2.21. The second-order valence-corrected chi connectivity index (χ2v) is 5.22. The molecule has 1 unspecified atom stereocenters. The van der Waals surface area contributed by atoms with Gasteiger partial charge in [0, 0.05) is 21.3 Å². The number of nitrogens with two attached hydrogens (primary N) is 1. The maximum Gasteiger partial charge on any atom is 0.195 e. The molecule has 0 bridgehead atoms. The van der Waals surface area contributed by atoms with Crippen molar-refractivity contribution in [2.45, 2.75) is 13.0 Å². The van der Waals surface area contributed by atoms with Crippen molar-refractivity contribution in [3.63, 3.8) is 0 Å². The van der Waals surface area contributed by atoms with Gasteiger partial charge in [-0.1, -0.05) is 46.3 Å². The first-order chi connectivity index (χ1) is 9.00. The number of carbonyl (C=O) groups is 1. The molecule has 98 valence electrons. The van der Waals surface area contributed by atoms with E-state index in [0.717, 1.165) is 5.56 Å². The van der Waals surface area contributed by atoms with Gasteiger partial charge in [0.15, 0.2) is 5.78 Å². The summed E-state index contributed by atoms with van der Waals surface area (Å²) in [5.74, 6) is -0.343. The van der Waals surface area contributed by atoms with Crippen LogP contribution in [0.5, 0.6) is 0 Å². The Morgan fingerprint density at radius 3 is 2.53 bits per heavy atom. The molecule has 3 nitrogen and oxygen atoms in total. The summed E-state index contributed by atoms with van der Waals surface area (Å²) in [7, 11) is 0. The highest BCUT2D eigenvalue weighted by atomic mass is 79.9. The van der Waals surface area contributed by atoms with Gasteiger partial charge in [0.1, 0.15) is 6.10 Å². The monoisotopic (exact) mass is 319 g/mol. The van der Waals surface area contributed by atoms with E-state index >= 15 is 0 Å². The predicted octanol–water partition coefficient (Wildman–Crippen LogP) is 3.26. The highest BCUT2D eigenvalue weighted by Crippen LogP contribution is 2.30. The third kappa shape index (κ3) is 2.85. The van der Waals surface area contributed by atoms with E-state index in [1.807, 2.05) is 13.0 Å². The molecule has 0 spiro atoms. The third-order valence-corrected chi connectivity index (χ3v) is 3.67. The summed E-state index contributed by atoms with van der Waals surface area (Å²) in [4.78, 5) is 12.2. The Morgan fingerprint density at radius 2 is 1.89 bits per heavy atom. The molecule has 1 atom stereocenters. The number of nitrogen functional groups attached to an aromatic ring is 1. The van der Waals surface area contributed by atoms with Crippen LogP contribution in [0.2, 0.25) is 0 Å². The SMILES string of the molecule is Cc1cc(Br)c(C(O)C(=O)c2ccccc2)cc1N. The molecule has 0 aliphatic heterocycles. The second-order valence-electron chi connectivity index (χ2n) is 4.36. The molecule has 2 rings (SSSR count). The molecule has 0 fully saturated rings. The van der Waals surface area contributed by atoms with Crippen LogP contribution in [-0.4, -0.2) is 10.9 Å². The van der Waals surface area contributed by atoms with Gasteiger partial charge in [-0.3, -0.25) is 4.79 Å². The van der Waals surface area contributed by atoms with E-state index in [1.165, 1.54) is 0 Å². The maximum absolute atomic E-state index is 12.2. The fourth-order valence-electron chi connectivity index (χ4n) is 1.82. The van der Waals surface area contributed by atoms with Gasteiger partial charge in [-0.05, 0) is 24.6 Å². The van der Waals surface area contributed by atoms with Crippen LogP contribution in [0.25, 0.3) is 0 Å². The standard InChI is InChI=1S/C15H14BrNO2/c1-9-7-12(16)11(8-13(9)17)15(19)14(18)10-5-3-2-4-6-10/h2-8,15,19H,17H2,1H3. The van der Waals surface area contributed by atoms with Crippen molar-refractivity contribution in [2.24, 2.45) is 0 Å². The molecule has 0 heterocycles. The third-order valence-electron chi connectivity index (χ3n) is 2.99. The molecular weight excluding hydrogens is 306 g/mol. The first kappa shape index (κ1) is 13.8. The fraction of sp³-hybridized carbons (Fsp3) is 0.133. The van der Waals surface area contributed by atoms with Crippen LogP contribution in [0, 0.1) is 6.92 Å². The lowest BCUT2D eigenvalue weighted by atomic mass is 9.98. The molecule has 2 aromatic carbocycles. The number of anilines is 1. The van der Waals surface area contributed by atoms with E-state index in [4.69, 9.17) is 5.73 Å². The average Bonchev–Trinajstić information content (AvgIpc) is 2.42. The van der Waals surface area contributed by atoms with Crippen molar-refractivity contribution < 1.29 is 9.90 Å².